The molecule has 4 nitrogen and oxygen atoms in total. The van der Waals surface area contributed by atoms with E-state index in [2.05, 4.69) is 19.1 Å². The van der Waals surface area contributed by atoms with Crippen LogP contribution in [0.25, 0.3) is 0 Å². The van der Waals surface area contributed by atoms with Gasteiger partial charge in [-0.15, -0.1) is 0 Å². The van der Waals surface area contributed by atoms with Crippen molar-refractivity contribution in [2.75, 3.05) is 20.2 Å². The molecule has 1 fully saturated rings. The zero-order chi connectivity index (χ0) is 15.9. The van der Waals surface area contributed by atoms with E-state index in [0.717, 1.165) is 50.9 Å². The van der Waals surface area contributed by atoms with Gasteiger partial charge in [-0.2, -0.15) is 0 Å². The number of carbonyl (C=O) groups excluding carboxylic acids is 1. The third kappa shape index (κ3) is 4.23. The van der Waals surface area contributed by atoms with Gasteiger partial charge in [-0.3, -0.25) is 4.79 Å². The number of amides is 1. The number of likely N-dealkylation sites (tertiary alicyclic amines) is 1. The maximum absolute atomic E-state index is 12.2. The minimum Gasteiger partial charge on any atom is -0.496 e. The van der Waals surface area contributed by atoms with E-state index < -0.39 is 0 Å². The van der Waals surface area contributed by atoms with Gasteiger partial charge in [0.2, 0.25) is 5.91 Å². The van der Waals surface area contributed by atoms with Gasteiger partial charge < -0.3 is 15.4 Å². The Labute approximate surface area is 133 Å². The number of para-hydroxylation sites is 1. The molecule has 2 N–H and O–H groups in total. The summed E-state index contributed by atoms with van der Waals surface area (Å²) in [6.07, 6.45) is 4.84. The van der Waals surface area contributed by atoms with E-state index >= 15 is 0 Å². The lowest BCUT2D eigenvalue weighted by molar-refractivity contribution is -0.134. The summed E-state index contributed by atoms with van der Waals surface area (Å²) in [5.41, 5.74) is 7.21. The molecule has 1 aromatic carbocycles. The van der Waals surface area contributed by atoms with Crippen LogP contribution in [0.3, 0.4) is 0 Å². The van der Waals surface area contributed by atoms with Crippen molar-refractivity contribution in [1.29, 1.82) is 0 Å². The molecule has 0 bridgehead atoms. The van der Waals surface area contributed by atoms with Crippen molar-refractivity contribution in [3.63, 3.8) is 0 Å². The minimum atomic E-state index is -0.323. The number of hydrogen-bond acceptors (Lipinski definition) is 3. The van der Waals surface area contributed by atoms with Crippen LogP contribution in [0.5, 0.6) is 5.75 Å². The fraction of sp³-hybridized carbons (Fsp3) is 0.611. The number of ether oxygens (including phenoxy) is 1. The van der Waals surface area contributed by atoms with Gasteiger partial charge in [0.25, 0.3) is 0 Å². The molecule has 1 saturated heterocycles. The van der Waals surface area contributed by atoms with Gasteiger partial charge in [-0.1, -0.05) is 31.5 Å². The lowest BCUT2D eigenvalue weighted by Gasteiger charge is -2.33. The van der Waals surface area contributed by atoms with Gasteiger partial charge in [0, 0.05) is 13.1 Å². The smallest absolute Gasteiger partial charge is 0.239 e. The monoisotopic (exact) mass is 304 g/mol. The Hall–Kier alpha value is -1.55. The Morgan fingerprint density at radius 1 is 1.36 bits per heavy atom. The maximum Gasteiger partial charge on any atom is 0.239 e. The normalized spacial score (nSPS) is 17.3. The Balaban J connectivity index is 1.86. The summed E-state index contributed by atoms with van der Waals surface area (Å²) in [7, 11) is 1.72. The summed E-state index contributed by atoms with van der Waals surface area (Å²) in [5.74, 6) is 1.70. The lowest BCUT2D eigenvalue weighted by atomic mass is 9.89. The van der Waals surface area contributed by atoms with E-state index in [1.807, 2.05) is 17.0 Å². The van der Waals surface area contributed by atoms with Crippen LogP contribution in [0.1, 0.15) is 38.2 Å². The first-order valence-electron chi connectivity index (χ1n) is 8.32. The standard InChI is InChI=1S/C18H28N2O2/c1-3-6-16(19)18(21)20-11-9-14(10-12-20)13-15-7-4-5-8-17(15)22-2/h4-5,7-8,14,16H,3,6,9-13,19H2,1-2H3. The van der Waals surface area contributed by atoms with Gasteiger partial charge in [-0.05, 0) is 43.2 Å². The van der Waals surface area contributed by atoms with Crippen LogP contribution in [0, 0.1) is 5.92 Å². The van der Waals surface area contributed by atoms with Gasteiger partial charge in [0.05, 0.1) is 13.2 Å². The second kappa shape index (κ2) is 8.18. The molecular weight excluding hydrogens is 276 g/mol. The van der Waals surface area contributed by atoms with Gasteiger partial charge in [0.15, 0.2) is 0 Å². The molecule has 1 heterocycles. The van der Waals surface area contributed by atoms with E-state index in [4.69, 9.17) is 10.5 Å². The maximum atomic E-state index is 12.2. The summed E-state index contributed by atoms with van der Waals surface area (Å²) >= 11 is 0. The molecule has 22 heavy (non-hydrogen) atoms. The van der Waals surface area contributed by atoms with Crippen molar-refractivity contribution in [3.8, 4) is 5.75 Å². The van der Waals surface area contributed by atoms with Gasteiger partial charge in [0.1, 0.15) is 5.75 Å². The Morgan fingerprint density at radius 2 is 2.05 bits per heavy atom. The van der Waals surface area contributed by atoms with Crippen molar-refractivity contribution in [1.82, 2.24) is 4.90 Å². The highest BCUT2D eigenvalue weighted by Crippen LogP contribution is 2.26. The van der Waals surface area contributed by atoms with Crippen molar-refractivity contribution >= 4 is 5.91 Å². The quantitative estimate of drug-likeness (QED) is 0.879. The largest absolute Gasteiger partial charge is 0.496 e. The summed E-state index contributed by atoms with van der Waals surface area (Å²) in [4.78, 5) is 14.2. The van der Waals surface area contributed by atoms with E-state index in [0.29, 0.717) is 5.92 Å². The molecule has 122 valence electrons. The molecule has 2 rings (SSSR count). The van der Waals surface area contributed by atoms with Crippen LogP contribution in [0.15, 0.2) is 24.3 Å². The molecule has 1 aliphatic heterocycles. The van der Waals surface area contributed by atoms with E-state index in [-0.39, 0.29) is 11.9 Å². The molecule has 1 amide bonds. The molecule has 0 aromatic heterocycles. The molecule has 0 radical (unpaired) electrons. The first kappa shape index (κ1) is 16.8. The average molecular weight is 304 g/mol. The number of rotatable bonds is 6. The molecule has 1 aliphatic rings. The molecule has 0 saturated carbocycles. The van der Waals surface area contributed by atoms with E-state index in [1.54, 1.807) is 7.11 Å². The molecular formula is C18H28N2O2. The number of methoxy groups -OCH3 is 1. The Morgan fingerprint density at radius 3 is 2.68 bits per heavy atom. The lowest BCUT2D eigenvalue weighted by Crippen LogP contribution is -2.47. The van der Waals surface area contributed by atoms with Crippen molar-refractivity contribution < 1.29 is 9.53 Å². The SMILES string of the molecule is CCCC(N)C(=O)N1CCC(Cc2ccccc2OC)CC1. The van der Waals surface area contributed by atoms with Gasteiger partial charge >= 0.3 is 0 Å². The summed E-state index contributed by atoms with van der Waals surface area (Å²) in [5, 5.41) is 0. The van der Waals surface area contributed by atoms with Crippen LogP contribution in [-0.2, 0) is 11.2 Å². The second-order valence-electron chi connectivity index (χ2n) is 6.18. The highest BCUT2D eigenvalue weighted by Gasteiger charge is 2.26. The van der Waals surface area contributed by atoms with Crippen LogP contribution >= 0.6 is 0 Å². The second-order valence-corrected chi connectivity index (χ2v) is 6.18. The fourth-order valence-electron chi connectivity index (χ4n) is 3.21. The molecule has 1 aromatic rings. The van der Waals surface area contributed by atoms with Crippen molar-refractivity contribution in [3.05, 3.63) is 29.8 Å². The first-order chi connectivity index (χ1) is 10.7. The van der Waals surface area contributed by atoms with E-state index in [1.165, 1.54) is 5.56 Å². The number of piperidine rings is 1. The Kier molecular flexibility index (Phi) is 6.25. The van der Waals surface area contributed by atoms with Crippen LogP contribution < -0.4 is 10.5 Å². The summed E-state index contributed by atoms with van der Waals surface area (Å²) < 4.78 is 5.42. The Bertz CT molecular complexity index is 482. The molecule has 0 aliphatic carbocycles. The molecule has 1 atom stereocenters. The number of hydrogen-bond donors (Lipinski definition) is 1. The predicted molar refractivity (Wildman–Crippen MR) is 88.9 cm³/mol. The highest BCUT2D eigenvalue weighted by molar-refractivity contribution is 5.81. The number of benzene rings is 1. The van der Waals surface area contributed by atoms with Crippen LogP contribution in [-0.4, -0.2) is 37.0 Å². The number of nitrogens with two attached hydrogens (primary N) is 1. The molecule has 1 unspecified atom stereocenters. The average Bonchev–Trinajstić information content (AvgIpc) is 2.55. The summed E-state index contributed by atoms with van der Waals surface area (Å²) in [6.45, 7) is 3.72. The zero-order valence-electron chi connectivity index (χ0n) is 13.8. The van der Waals surface area contributed by atoms with Gasteiger partial charge in [-0.25, -0.2) is 0 Å². The number of nitrogens with zero attached hydrogens (tertiary/aromatic N) is 1. The summed E-state index contributed by atoms with van der Waals surface area (Å²) in [6, 6.07) is 7.88. The van der Waals surface area contributed by atoms with Crippen LogP contribution in [0.4, 0.5) is 0 Å². The van der Waals surface area contributed by atoms with Crippen molar-refractivity contribution in [2.45, 2.75) is 45.1 Å². The minimum absolute atomic E-state index is 0.123. The number of carbonyl (C=O) groups is 1. The van der Waals surface area contributed by atoms with Crippen LogP contribution in [0.2, 0.25) is 0 Å². The zero-order valence-corrected chi connectivity index (χ0v) is 13.8. The highest BCUT2D eigenvalue weighted by atomic mass is 16.5. The van der Waals surface area contributed by atoms with Crippen molar-refractivity contribution in [2.24, 2.45) is 11.7 Å². The fourth-order valence-corrected chi connectivity index (χ4v) is 3.21. The predicted octanol–water partition coefficient (Wildman–Crippen LogP) is 2.60. The first-order valence-corrected chi connectivity index (χ1v) is 8.32. The third-order valence-electron chi connectivity index (χ3n) is 4.54. The molecule has 4 heteroatoms. The van der Waals surface area contributed by atoms with E-state index in [9.17, 15) is 4.79 Å². The topological polar surface area (TPSA) is 55.6 Å². The molecule has 0 spiro atoms. The third-order valence-corrected chi connectivity index (χ3v) is 4.54.